The van der Waals surface area contributed by atoms with Crippen molar-refractivity contribution in [3.8, 4) is 0 Å². The molecule has 47 heavy (non-hydrogen) atoms. The summed E-state index contributed by atoms with van der Waals surface area (Å²) in [5.41, 5.74) is 14.1. The third-order valence-corrected chi connectivity index (χ3v) is 8.75. The fraction of sp³-hybridized carbons (Fsp3) is 0.0435. The van der Waals surface area contributed by atoms with Gasteiger partial charge in [-0.3, -0.25) is 0 Å². The molecule has 2 radical (unpaired) electrons. The highest BCUT2D eigenvalue weighted by molar-refractivity contribution is 6.22. The van der Waals surface area contributed by atoms with E-state index in [1.54, 1.807) is 0 Å². The molecule has 0 saturated carbocycles. The minimum atomic E-state index is 0.220. The molecule has 6 aromatic rings. The minimum absolute atomic E-state index is 0.220. The first-order valence-corrected chi connectivity index (χ1v) is 16.2. The fourth-order valence-corrected chi connectivity index (χ4v) is 6.31. The van der Waals surface area contributed by atoms with Crippen molar-refractivity contribution < 1.29 is 0 Å². The molecule has 0 heterocycles. The van der Waals surface area contributed by atoms with Gasteiger partial charge >= 0.3 is 0 Å². The van der Waals surface area contributed by atoms with Gasteiger partial charge in [-0.1, -0.05) is 182 Å². The van der Waals surface area contributed by atoms with Gasteiger partial charge < -0.3 is 0 Å². The van der Waals surface area contributed by atoms with Gasteiger partial charge in [0.2, 0.25) is 0 Å². The Labute approximate surface area is 280 Å². The molecule has 0 N–H and O–H groups in total. The van der Waals surface area contributed by atoms with E-state index in [0.717, 1.165) is 17.5 Å². The number of rotatable bonds is 8. The fourth-order valence-electron chi connectivity index (χ4n) is 6.31. The van der Waals surface area contributed by atoms with Crippen LogP contribution in [-0.4, -0.2) is 7.85 Å². The molecule has 0 amide bonds. The van der Waals surface area contributed by atoms with Gasteiger partial charge in [0, 0.05) is 5.92 Å². The molecule has 0 fully saturated rings. The van der Waals surface area contributed by atoms with Gasteiger partial charge in [0.1, 0.15) is 7.85 Å². The molecule has 1 aliphatic carbocycles. The van der Waals surface area contributed by atoms with Crippen molar-refractivity contribution in [2.75, 3.05) is 0 Å². The van der Waals surface area contributed by atoms with Gasteiger partial charge in [0.05, 0.1) is 0 Å². The zero-order chi connectivity index (χ0) is 31.8. The predicted molar refractivity (Wildman–Crippen MR) is 202 cm³/mol. The molecule has 7 rings (SSSR count). The Kier molecular flexibility index (Phi) is 9.06. The van der Waals surface area contributed by atoms with E-state index in [1.165, 1.54) is 55.7 Å². The molecule has 6 aromatic carbocycles. The maximum absolute atomic E-state index is 6.54. The van der Waals surface area contributed by atoms with Gasteiger partial charge in [0.25, 0.3) is 0 Å². The molecule has 222 valence electrons. The Hall–Kier alpha value is -5.66. The number of hydrogen-bond donors (Lipinski definition) is 0. The Morgan fingerprint density at radius 3 is 1.26 bits per heavy atom. The predicted octanol–water partition coefficient (Wildman–Crippen LogP) is 11.5. The SMILES string of the molecule is [B]C1=CC(c2ccc(C=C(c3ccccc3)c3ccccc3)cc2)=CC(c2ccc(C=C(c3ccccc3)c3ccccc3)cc2)C1. The van der Waals surface area contributed by atoms with Crippen molar-refractivity contribution in [3.05, 3.63) is 232 Å². The molecule has 0 bridgehead atoms. The van der Waals surface area contributed by atoms with Gasteiger partial charge in [-0.15, -0.1) is 5.47 Å². The van der Waals surface area contributed by atoms with E-state index in [2.05, 4.69) is 194 Å². The highest BCUT2D eigenvalue weighted by Crippen LogP contribution is 2.35. The summed E-state index contributed by atoms with van der Waals surface area (Å²) >= 11 is 0. The first kappa shape index (κ1) is 30.0. The first-order chi connectivity index (χ1) is 23.2. The molecular formula is C46H35B. The lowest BCUT2D eigenvalue weighted by atomic mass is 9.76. The van der Waals surface area contributed by atoms with Crippen molar-refractivity contribution in [1.29, 1.82) is 0 Å². The monoisotopic (exact) mass is 598 g/mol. The summed E-state index contributed by atoms with van der Waals surface area (Å²) in [6.07, 6.45) is 9.86. The quantitative estimate of drug-likeness (QED) is 0.121. The zero-order valence-corrected chi connectivity index (χ0v) is 26.3. The molecule has 1 aliphatic rings. The van der Waals surface area contributed by atoms with Crippen molar-refractivity contribution in [3.63, 3.8) is 0 Å². The first-order valence-electron chi connectivity index (χ1n) is 16.2. The Bertz CT molecular complexity index is 1970. The third-order valence-electron chi connectivity index (χ3n) is 8.75. The van der Waals surface area contributed by atoms with Crippen LogP contribution in [0.1, 0.15) is 56.8 Å². The largest absolute Gasteiger partial charge is 0.116 e. The van der Waals surface area contributed by atoms with Crippen LogP contribution in [0.4, 0.5) is 0 Å². The van der Waals surface area contributed by atoms with Crippen molar-refractivity contribution in [2.45, 2.75) is 12.3 Å². The second-order valence-electron chi connectivity index (χ2n) is 12.0. The topological polar surface area (TPSA) is 0 Å². The number of hydrogen-bond acceptors (Lipinski definition) is 0. The van der Waals surface area contributed by atoms with Crippen molar-refractivity contribution in [1.82, 2.24) is 0 Å². The Morgan fingerprint density at radius 2 is 0.851 bits per heavy atom. The van der Waals surface area contributed by atoms with Crippen LogP contribution >= 0.6 is 0 Å². The molecule has 0 spiro atoms. The molecule has 0 nitrogen and oxygen atoms in total. The Morgan fingerprint density at radius 1 is 0.468 bits per heavy atom. The van der Waals surface area contributed by atoms with Gasteiger partial charge in [-0.05, 0) is 79.8 Å². The van der Waals surface area contributed by atoms with Crippen LogP contribution in [0.2, 0.25) is 0 Å². The summed E-state index contributed by atoms with van der Waals surface area (Å²) in [4.78, 5) is 0. The van der Waals surface area contributed by atoms with Crippen molar-refractivity contribution in [2.24, 2.45) is 0 Å². The van der Waals surface area contributed by atoms with Crippen LogP contribution in [0.25, 0.3) is 28.9 Å². The van der Waals surface area contributed by atoms with Crippen LogP contribution in [0.3, 0.4) is 0 Å². The van der Waals surface area contributed by atoms with Gasteiger partial charge in [-0.2, -0.15) is 0 Å². The molecule has 1 heteroatoms. The second-order valence-corrected chi connectivity index (χ2v) is 12.0. The molecule has 1 atom stereocenters. The number of allylic oxidation sites excluding steroid dienone is 4. The summed E-state index contributed by atoms with van der Waals surface area (Å²) in [7, 11) is 6.54. The molecule has 0 aromatic heterocycles. The minimum Gasteiger partial charge on any atom is -0.116 e. The zero-order valence-electron chi connectivity index (χ0n) is 26.3. The van der Waals surface area contributed by atoms with Crippen LogP contribution < -0.4 is 0 Å². The number of benzene rings is 6. The molecular weight excluding hydrogens is 563 g/mol. The van der Waals surface area contributed by atoms with E-state index < -0.39 is 0 Å². The lowest BCUT2D eigenvalue weighted by Gasteiger charge is -2.21. The normalized spacial score (nSPS) is 14.0. The summed E-state index contributed by atoms with van der Waals surface area (Å²) in [5.74, 6) is 0.220. The molecule has 0 aliphatic heterocycles. The average Bonchev–Trinajstić information content (AvgIpc) is 3.14. The summed E-state index contributed by atoms with van der Waals surface area (Å²) in [6.45, 7) is 0. The van der Waals surface area contributed by atoms with E-state index in [9.17, 15) is 0 Å². The summed E-state index contributed by atoms with van der Waals surface area (Å²) in [6, 6.07) is 60.1. The van der Waals surface area contributed by atoms with Crippen LogP contribution in [0.15, 0.2) is 187 Å². The maximum Gasteiger partial charge on any atom is 0.107 e. The molecule has 1 unspecified atom stereocenters. The van der Waals surface area contributed by atoms with Crippen LogP contribution in [0, 0.1) is 0 Å². The smallest absolute Gasteiger partial charge is 0.107 e. The van der Waals surface area contributed by atoms with E-state index in [0.29, 0.717) is 0 Å². The lowest BCUT2D eigenvalue weighted by molar-refractivity contribution is 0.845. The third kappa shape index (κ3) is 7.27. The van der Waals surface area contributed by atoms with Crippen LogP contribution in [0.5, 0.6) is 0 Å². The van der Waals surface area contributed by atoms with E-state index in [1.807, 2.05) is 0 Å². The van der Waals surface area contributed by atoms with E-state index in [4.69, 9.17) is 7.85 Å². The summed E-state index contributed by atoms with van der Waals surface area (Å²) < 4.78 is 0. The second kappa shape index (κ2) is 14.2. The lowest BCUT2D eigenvalue weighted by Crippen LogP contribution is -2.04. The van der Waals surface area contributed by atoms with Crippen molar-refractivity contribution >= 4 is 36.7 Å². The average molecular weight is 599 g/mol. The standard InChI is InChI=1S/C46H35B/c47-44-32-42(36-25-21-34(22-26-36)29-45(38-13-5-1-6-14-38)39-15-7-2-8-16-39)31-43(33-44)37-27-23-35(24-28-37)30-46(40-17-9-3-10-18-40)41-19-11-4-12-20-41/h1-32,43H,33H2. The van der Waals surface area contributed by atoms with Crippen LogP contribution in [-0.2, 0) is 0 Å². The van der Waals surface area contributed by atoms with Gasteiger partial charge in [0.15, 0.2) is 0 Å². The Balaban J connectivity index is 1.14. The summed E-state index contributed by atoms with van der Waals surface area (Å²) in [5, 5.41) is 0. The molecule has 0 saturated heterocycles. The highest BCUT2D eigenvalue weighted by Gasteiger charge is 2.16. The maximum atomic E-state index is 6.54. The highest BCUT2D eigenvalue weighted by atomic mass is 14.2. The van der Waals surface area contributed by atoms with E-state index >= 15 is 0 Å². The van der Waals surface area contributed by atoms with E-state index in [-0.39, 0.29) is 5.92 Å². The van der Waals surface area contributed by atoms with Gasteiger partial charge in [-0.25, -0.2) is 0 Å².